The maximum absolute atomic E-state index is 13.1. The second kappa shape index (κ2) is 6.42. The van der Waals surface area contributed by atoms with E-state index < -0.39 is 9.84 Å². The van der Waals surface area contributed by atoms with Crippen molar-refractivity contribution < 1.29 is 8.42 Å². The summed E-state index contributed by atoms with van der Waals surface area (Å²) in [5.41, 5.74) is 1.32. The van der Waals surface area contributed by atoms with E-state index in [4.69, 9.17) is 0 Å². The number of aromatic amines is 2. The van der Waals surface area contributed by atoms with Crippen LogP contribution >= 0.6 is 0 Å². The fourth-order valence-corrected chi connectivity index (χ4v) is 4.65. The molecule has 3 heterocycles. The zero-order valence-corrected chi connectivity index (χ0v) is 15.8. The fourth-order valence-electron chi connectivity index (χ4n) is 3.31. The molecule has 8 nitrogen and oxygen atoms in total. The lowest BCUT2D eigenvalue weighted by atomic mass is 10.2. The van der Waals surface area contributed by atoms with Gasteiger partial charge < -0.3 is 4.98 Å². The van der Waals surface area contributed by atoms with Crippen molar-refractivity contribution in [3.05, 3.63) is 83.2 Å². The molecule has 0 unspecified atom stereocenters. The predicted octanol–water partition coefficient (Wildman–Crippen LogP) is 2.48. The Labute approximate surface area is 164 Å². The summed E-state index contributed by atoms with van der Waals surface area (Å²) in [5.74, 6) is 0. The van der Waals surface area contributed by atoms with Crippen LogP contribution in [0.3, 0.4) is 0 Å². The maximum Gasteiger partial charge on any atom is 0.274 e. The third-order valence-corrected chi connectivity index (χ3v) is 6.60. The van der Waals surface area contributed by atoms with Crippen LogP contribution < -0.4 is 5.56 Å². The van der Waals surface area contributed by atoms with Gasteiger partial charge in [-0.2, -0.15) is 10.2 Å². The normalized spacial score (nSPS) is 12.0. The van der Waals surface area contributed by atoms with Crippen LogP contribution in [0.5, 0.6) is 0 Å². The highest BCUT2D eigenvalue weighted by molar-refractivity contribution is 7.91. The number of sulfone groups is 1. The number of aromatic nitrogens is 5. The molecule has 144 valence electrons. The molecule has 0 aliphatic rings. The van der Waals surface area contributed by atoms with Crippen molar-refractivity contribution in [1.29, 1.82) is 0 Å². The van der Waals surface area contributed by atoms with Crippen LogP contribution in [-0.2, 0) is 16.4 Å². The van der Waals surface area contributed by atoms with E-state index in [0.717, 1.165) is 16.6 Å². The first-order valence-electron chi connectivity index (χ1n) is 8.83. The van der Waals surface area contributed by atoms with Crippen molar-refractivity contribution in [2.24, 2.45) is 0 Å². The molecule has 0 saturated heterocycles. The van der Waals surface area contributed by atoms with Crippen molar-refractivity contribution in [3.8, 4) is 0 Å². The topological polar surface area (TPSA) is 114 Å². The summed E-state index contributed by atoms with van der Waals surface area (Å²) in [7, 11) is -3.73. The Balaban J connectivity index is 1.58. The summed E-state index contributed by atoms with van der Waals surface area (Å²) in [6, 6.07) is 13.0. The average Bonchev–Trinajstić information content (AvgIpc) is 3.41. The van der Waals surface area contributed by atoms with Gasteiger partial charge in [-0.05, 0) is 48.5 Å². The molecule has 0 atom stereocenters. The molecule has 0 spiro atoms. The Morgan fingerprint density at radius 3 is 2.55 bits per heavy atom. The monoisotopic (exact) mass is 405 g/mol. The van der Waals surface area contributed by atoms with Gasteiger partial charge in [-0.3, -0.25) is 9.89 Å². The Bertz CT molecular complexity index is 1520. The number of hydrogen-bond donors (Lipinski definition) is 2. The van der Waals surface area contributed by atoms with Crippen molar-refractivity contribution >= 4 is 31.5 Å². The van der Waals surface area contributed by atoms with E-state index in [1.807, 2.05) is 6.07 Å². The van der Waals surface area contributed by atoms with E-state index >= 15 is 0 Å². The highest BCUT2D eigenvalue weighted by Gasteiger charge is 2.19. The van der Waals surface area contributed by atoms with E-state index in [-0.39, 0.29) is 21.9 Å². The summed E-state index contributed by atoms with van der Waals surface area (Å²) >= 11 is 0. The third kappa shape index (κ3) is 2.92. The fraction of sp³-hybridized carbons (Fsp3) is 0.0500. The second-order valence-electron chi connectivity index (χ2n) is 6.67. The number of benzene rings is 2. The molecule has 0 fully saturated rings. The molecule has 0 saturated carbocycles. The molecule has 29 heavy (non-hydrogen) atoms. The van der Waals surface area contributed by atoms with Crippen LogP contribution in [0.15, 0.2) is 81.7 Å². The first kappa shape index (κ1) is 17.4. The number of fused-ring (bicyclic) bond motifs is 2. The van der Waals surface area contributed by atoms with Crippen LogP contribution in [0.2, 0.25) is 0 Å². The smallest absolute Gasteiger partial charge is 0.274 e. The van der Waals surface area contributed by atoms with Crippen molar-refractivity contribution in [1.82, 2.24) is 25.0 Å². The number of nitrogens with one attached hydrogen (secondary N) is 2. The van der Waals surface area contributed by atoms with Gasteiger partial charge in [0.15, 0.2) is 0 Å². The zero-order valence-electron chi connectivity index (χ0n) is 15.0. The highest BCUT2D eigenvalue weighted by Crippen LogP contribution is 2.26. The van der Waals surface area contributed by atoms with Crippen LogP contribution in [-0.4, -0.2) is 33.4 Å². The van der Waals surface area contributed by atoms with Crippen LogP contribution in [0, 0.1) is 0 Å². The number of hydrogen-bond acceptors (Lipinski definition) is 5. The molecule has 0 radical (unpaired) electrons. The molecular formula is C20H15N5O3S. The first-order chi connectivity index (χ1) is 14.0. The van der Waals surface area contributed by atoms with Gasteiger partial charge in [0, 0.05) is 28.7 Å². The quantitative estimate of drug-likeness (QED) is 0.477. The number of nitrogens with zero attached hydrogens (tertiary/aromatic N) is 3. The van der Waals surface area contributed by atoms with Crippen LogP contribution in [0.25, 0.3) is 21.7 Å². The zero-order chi connectivity index (χ0) is 20.0. The molecule has 5 aromatic rings. The number of rotatable bonds is 4. The minimum atomic E-state index is -3.73. The number of H-pyrrole nitrogens is 2. The van der Waals surface area contributed by atoms with Crippen molar-refractivity contribution in [3.63, 3.8) is 0 Å². The van der Waals surface area contributed by atoms with Crippen LogP contribution in [0.4, 0.5) is 0 Å². The Morgan fingerprint density at radius 2 is 1.76 bits per heavy atom. The van der Waals surface area contributed by atoms with Gasteiger partial charge in [-0.15, -0.1) is 0 Å². The lowest BCUT2D eigenvalue weighted by Gasteiger charge is -2.08. The van der Waals surface area contributed by atoms with E-state index in [2.05, 4.69) is 20.3 Å². The summed E-state index contributed by atoms with van der Waals surface area (Å²) in [6.07, 6.45) is 4.86. The van der Waals surface area contributed by atoms with Crippen molar-refractivity contribution in [2.75, 3.05) is 0 Å². The molecule has 0 aliphatic carbocycles. The van der Waals surface area contributed by atoms with E-state index in [9.17, 15) is 13.2 Å². The summed E-state index contributed by atoms with van der Waals surface area (Å²) < 4.78 is 27.5. The molecule has 0 bridgehead atoms. The largest absolute Gasteiger partial charge is 0.361 e. The predicted molar refractivity (Wildman–Crippen MR) is 107 cm³/mol. The Kier molecular flexibility index (Phi) is 3.85. The molecule has 2 aromatic carbocycles. The summed E-state index contributed by atoms with van der Waals surface area (Å²) in [6.45, 7) is 0.255. The van der Waals surface area contributed by atoms with Gasteiger partial charge in [-0.1, -0.05) is 0 Å². The lowest BCUT2D eigenvalue weighted by Crippen LogP contribution is -2.23. The summed E-state index contributed by atoms with van der Waals surface area (Å²) in [5, 5.41) is 12.5. The van der Waals surface area contributed by atoms with Crippen molar-refractivity contribution in [2.45, 2.75) is 16.3 Å². The first-order valence-corrected chi connectivity index (χ1v) is 10.3. The van der Waals surface area contributed by atoms with Gasteiger partial charge in [0.25, 0.3) is 5.56 Å². The van der Waals surface area contributed by atoms with Gasteiger partial charge in [0.05, 0.1) is 33.6 Å². The lowest BCUT2D eigenvalue weighted by molar-refractivity contribution is 0.596. The standard InChI is InChI=1S/C20H15N5O3S/c26-20-18-3-1-16(10-14(18)11-23-25(20)12-15-6-8-22-24-15)29(27,28)17-2-4-19-13(9-17)5-7-21-19/h1-11,21H,12H2,(H,22,24). The maximum atomic E-state index is 13.1. The molecule has 0 amide bonds. The van der Waals surface area contributed by atoms with E-state index in [0.29, 0.717) is 10.8 Å². The average molecular weight is 405 g/mol. The van der Waals surface area contributed by atoms with E-state index in [1.54, 1.807) is 36.7 Å². The van der Waals surface area contributed by atoms with Gasteiger partial charge in [0.1, 0.15) is 0 Å². The molecule has 3 aromatic heterocycles. The van der Waals surface area contributed by atoms with Gasteiger partial charge in [0.2, 0.25) is 9.84 Å². The second-order valence-corrected chi connectivity index (χ2v) is 8.62. The van der Waals surface area contributed by atoms with Gasteiger partial charge >= 0.3 is 0 Å². The minimum Gasteiger partial charge on any atom is -0.361 e. The minimum absolute atomic E-state index is 0.118. The van der Waals surface area contributed by atoms with E-state index in [1.165, 1.54) is 29.1 Å². The molecular weight excluding hydrogens is 390 g/mol. The Morgan fingerprint density at radius 1 is 0.966 bits per heavy atom. The molecule has 0 aliphatic heterocycles. The highest BCUT2D eigenvalue weighted by atomic mass is 32.2. The van der Waals surface area contributed by atoms with Gasteiger partial charge in [-0.25, -0.2) is 13.1 Å². The van der Waals surface area contributed by atoms with Crippen LogP contribution in [0.1, 0.15) is 5.69 Å². The molecule has 5 rings (SSSR count). The SMILES string of the molecule is O=c1c2ccc(S(=O)(=O)c3ccc4[nH]ccc4c3)cc2cnn1Cc1ccn[nH]1. The Hall–Kier alpha value is -3.72. The molecule has 2 N–H and O–H groups in total. The third-order valence-electron chi connectivity index (χ3n) is 4.85. The summed E-state index contributed by atoms with van der Waals surface area (Å²) in [4.78, 5) is 16.1. The molecule has 9 heteroatoms.